The first-order valence-corrected chi connectivity index (χ1v) is 6.64. The molecule has 20 heavy (non-hydrogen) atoms. The van der Waals surface area contributed by atoms with E-state index in [1.165, 1.54) is 0 Å². The van der Waals surface area contributed by atoms with Gasteiger partial charge < -0.3 is 10.0 Å². The third-order valence-electron chi connectivity index (χ3n) is 3.01. The number of carbonyl (C=O) groups is 2. The lowest BCUT2D eigenvalue weighted by molar-refractivity contribution is -0.138. The molecule has 1 unspecified atom stereocenters. The Kier molecular flexibility index (Phi) is 5.97. The molecule has 1 aromatic rings. The zero-order valence-electron chi connectivity index (χ0n) is 12.2. The Morgan fingerprint density at radius 2 is 1.85 bits per heavy atom. The van der Waals surface area contributed by atoms with Crippen molar-refractivity contribution in [2.45, 2.75) is 33.2 Å². The molecule has 0 fully saturated rings. The zero-order chi connectivity index (χ0) is 15.1. The normalized spacial score (nSPS) is 11.6. The molecule has 0 saturated heterocycles. The van der Waals surface area contributed by atoms with Crippen molar-refractivity contribution in [1.82, 2.24) is 4.90 Å². The van der Waals surface area contributed by atoms with Crippen LogP contribution < -0.4 is 0 Å². The van der Waals surface area contributed by atoms with E-state index in [9.17, 15) is 9.59 Å². The topological polar surface area (TPSA) is 57.6 Å². The molecule has 0 heterocycles. The van der Waals surface area contributed by atoms with E-state index < -0.39 is 5.97 Å². The van der Waals surface area contributed by atoms with E-state index in [0.717, 1.165) is 11.1 Å². The molecule has 0 aliphatic rings. The minimum absolute atomic E-state index is 0.0560. The van der Waals surface area contributed by atoms with Gasteiger partial charge in [-0.25, -0.2) is 0 Å². The Morgan fingerprint density at radius 1 is 1.25 bits per heavy atom. The van der Waals surface area contributed by atoms with Crippen LogP contribution in [-0.2, 0) is 9.59 Å². The number of aliphatic carboxylic acids is 1. The largest absolute Gasteiger partial charge is 0.481 e. The number of carbonyl (C=O) groups excluding carboxylic acids is 1. The number of rotatable bonds is 6. The Labute approximate surface area is 119 Å². The third kappa shape index (κ3) is 4.88. The lowest BCUT2D eigenvalue weighted by atomic mass is 10.1. The summed E-state index contributed by atoms with van der Waals surface area (Å²) < 4.78 is 0. The predicted molar refractivity (Wildman–Crippen MR) is 78.3 cm³/mol. The summed E-state index contributed by atoms with van der Waals surface area (Å²) in [5.41, 5.74) is 1.89. The van der Waals surface area contributed by atoms with E-state index in [-0.39, 0.29) is 24.9 Å². The molecule has 0 bridgehead atoms. The molecule has 0 aliphatic heterocycles. The standard InChI is InChI=1S/C16H21NO3/c1-12(2)11-15(18)17(10-9-16(19)20)13(3)14-7-5-4-6-8-14/h4-8,11,13H,9-10H2,1-3H3,(H,19,20). The molecule has 4 heteroatoms. The predicted octanol–water partition coefficient (Wildman–Crippen LogP) is 3.02. The lowest BCUT2D eigenvalue weighted by Crippen LogP contribution is -2.34. The maximum absolute atomic E-state index is 12.2. The first kappa shape index (κ1) is 16.0. The van der Waals surface area contributed by atoms with Crippen molar-refractivity contribution < 1.29 is 14.7 Å². The highest BCUT2D eigenvalue weighted by Crippen LogP contribution is 2.20. The Bertz CT molecular complexity index is 490. The second-order valence-corrected chi connectivity index (χ2v) is 4.98. The number of allylic oxidation sites excluding steroid dienone is 1. The van der Waals surface area contributed by atoms with Crippen LogP contribution >= 0.6 is 0 Å². The van der Waals surface area contributed by atoms with Crippen LogP contribution in [0.1, 0.15) is 38.8 Å². The second-order valence-electron chi connectivity index (χ2n) is 4.98. The van der Waals surface area contributed by atoms with E-state index in [2.05, 4.69) is 0 Å². The van der Waals surface area contributed by atoms with Gasteiger partial charge in [0.25, 0.3) is 0 Å². The van der Waals surface area contributed by atoms with Crippen molar-refractivity contribution in [2.75, 3.05) is 6.54 Å². The molecule has 0 aliphatic carbocycles. The molecule has 1 rings (SSSR count). The summed E-state index contributed by atoms with van der Waals surface area (Å²) in [4.78, 5) is 24.6. The van der Waals surface area contributed by atoms with Crippen molar-refractivity contribution >= 4 is 11.9 Å². The monoisotopic (exact) mass is 275 g/mol. The van der Waals surface area contributed by atoms with Gasteiger partial charge in [-0.15, -0.1) is 0 Å². The molecule has 1 atom stereocenters. The van der Waals surface area contributed by atoms with Gasteiger partial charge >= 0.3 is 5.97 Å². The van der Waals surface area contributed by atoms with Crippen molar-refractivity contribution in [1.29, 1.82) is 0 Å². The first-order chi connectivity index (χ1) is 9.41. The fraction of sp³-hybridized carbons (Fsp3) is 0.375. The molecule has 1 N–H and O–H groups in total. The Hall–Kier alpha value is -2.10. The third-order valence-corrected chi connectivity index (χ3v) is 3.01. The highest BCUT2D eigenvalue weighted by atomic mass is 16.4. The number of hydrogen-bond donors (Lipinski definition) is 1. The van der Waals surface area contributed by atoms with E-state index in [0.29, 0.717) is 0 Å². The summed E-state index contributed by atoms with van der Waals surface area (Å²) in [7, 11) is 0. The average Bonchev–Trinajstić information content (AvgIpc) is 2.38. The SMILES string of the molecule is CC(C)=CC(=O)N(CCC(=O)O)C(C)c1ccccc1. The zero-order valence-corrected chi connectivity index (χ0v) is 12.2. The van der Waals surface area contributed by atoms with Crippen LogP contribution in [0.5, 0.6) is 0 Å². The molecule has 1 aromatic carbocycles. The highest BCUT2D eigenvalue weighted by molar-refractivity contribution is 5.88. The first-order valence-electron chi connectivity index (χ1n) is 6.64. The fourth-order valence-corrected chi connectivity index (χ4v) is 1.95. The number of nitrogens with zero attached hydrogens (tertiary/aromatic N) is 1. The van der Waals surface area contributed by atoms with Gasteiger partial charge in [0.05, 0.1) is 12.5 Å². The Morgan fingerprint density at radius 3 is 2.35 bits per heavy atom. The summed E-state index contributed by atoms with van der Waals surface area (Å²) >= 11 is 0. The number of carboxylic acids is 1. The Balaban J connectivity index is 2.94. The molecular formula is C16H21NO3. The molecule has 4 nitrogen and oxygen atoms in total. The summed E-state index contributed by atoms with van der Waals surface area (Å²) in [5, 5.41) is 8.83. The van der Waals surface area contributed by atoms with Crippen molar-refractivity contribution in [2.24, 2.45) is 0 Å². The maximum Gasteiger partial charge on any atom is 0.305 e. The van der Waals surface area contributed by atoms with Crippen LogP contribution in [0.15, 0.2) is 42.0 Å². The quantitative estimate of drug-likeness (QED) is 0.812. The number of hydrogen-bond acceptors (Lipinski definition) is 2. The smallest absolute Gasteiger partial charge is 0.305 e. The minimum Gasteiger partial charge on any atom is -0.481 e. The van der Waals surface area contributed by atoms with Gasteiger partial charge in [0.2, 0.25) is 5.91 Å². The van der Waals surface area contributed by atoms with Crippen molar-refractivity contribution in [3.8, 4) is 0 Å². The van der Waals surface area contributed by atoms with E-state index in [1.54, 1.807) is 11.0 Å². The lowest BCUT2D eigenvalue weighted by Gasteiger charge is -2.28. The highest BCUT2D eigenvalue weighted by Gasteiger charge is 2.20. The van der Waals surface area contributed by atoms with Crippen LogP contribution in [0.4, 0.5) is 0 Å². The second kappa shape index (κ2) is 7.48. The number of benzene rings is 1. The van der Waals surface area contributed by atoms with Gasteiger partial charge in [0, 0.05) is 12.6 Å². The van der Waals surface area contributed by atoms with Gasteiger partial charge in [0.1, 0.15) is 0 Å². The van der Waals surface area contributed by atoms with Crippen LogP contribution in [0.3, 0.4) is 0 Å². The summed E-state index contributed by atoms with van der Waals surface area (Å²) in [6, 6.07) is 9.45. The summed E-state index contributed by atoms with van der Waals surface area (Å²) in [6.07, 6.45) is 1.49. The number of carboxylic acid groups (broad SMARTS) is 1. The minimum atomic E-state index is -0.903. The van der Waals surface area contributed by atoms with E-state index >= 15 is 0 Å². The summed E-state index contributed by atoms with van der Waals surface area (Å²) in [5.74, 6) is -1.05. The van der Waals surface area contributed by atoms with Gasteiger partial charge in [-0.3, -0.25) is 9.59 Å². The molecule has 0 saturated carbocycles. The van der Waals surface area contributed by atoms with Gasteiger partial charge in [-0.05, 0) is 26.3 Å². The van der Waals surface area contributed by atoms with Gasteiger partial charge in [0.15, 0.2) is 0 Å². The van der Waals surface area contributed by atoms with Crippen molar-refractivity contribution in [3.05, 3.63) is 47.5 Å². The van der Waals surface area contributed by atoms with E-state index in [1.807, 2.05) is 51.1 Å². The average molecular weight is 275 g/mol. The summed E-state index contributed by atoms with van der Waals surface area (Å²) in [6.45, 7) is 5.81. The molecule has 0 spiro atoms. The fourth-order valence-electron chi connectivity index (χ4n) is 1.95. The molecular weight excluding hydrogens is 254 g/mol. The van der Waals surface area contributed by atoms with Gasteiger partial charge in [-0.2, -0.15) is 0 Å². The molecule has 0 aromatic heterocycles. The molecule has 108 valence electrons. The number of amides is 1. The van der Waals surface area contributed by atoms with Crippen LogP contribution in [-0.4, -0.2) is 28.4 Å². The van der Waals surface area contributed by atoms with Crippen LogP contribution in [0.25, 0.3) is 0 Å². The van der Waals surface area contributed by atoms with Crippen LogP contribution in [0.2, 0.25) is 0 Å². The molecule has 1 amide bonds. The van der Waals surface area contributed by atoms with Crippen LogP contribution in [0, 0.1) is 0 Å². The van der Waals surface area contributed by atoms with E-state index in [4.69, 9.17) is 5.11 Å². The van der Waals surface area contributed by atoms with Gasteiger partial charge in [-0.1, -0.05) is 35.9 Å². The van der Waals surface area contributed by atoms with Crippen molar-refractivity contribution in [3.63, 3.8) is 0 Å². The maximum atomic E-state index is 12.2. The molecule has 0 radical (unpaired) electrons.